The number of thiazole rings is 1. The van der Waals surface area contributed by atoms with E-state index in [4.69, 9.17) is 14.2 Å². The summed E-state index contributed by atoms with van der Waals surface area (Å²) in [4.78, 5) is 20.0. The quantitative estimate of drug-likeness (QED) is 0.515. The van der Waals surface area contributed by atoms with Crippen LogP contribution < -0.4 is 14.4 Å². The second-order valence-corrected chi connectivity index (χ2v) is 10.6. The fraction of sp³-hybridized carbons (Fsp3) is 0.364. The number of benzene rings is 2. The number of nitrogens with zero attached hydrogens (tertiary/aromatic N) is 2. The second kappa shape index (κ2) is 9.05. The molecule has 0 saturated carbocycles. The number of hydrogen-bond acceptors (Lipinski definition) is 8. The van der Waals surface area contributed by atoms with Crippen LogP contribution in [0.2, 0.25) is 0 Å². The number of methoxy groups -OCH3 is 2. The van der Waals surface area contributed by atoms with Crippen molar-refractivity contribution < 1.29 is 27.4 Å². The van der Waals surface area contributed by atoms with Gasteiger partial charge in [0.1, 0.15) is 11.5 Å². The summed E-state index contributed by atoms with van der Waals surface area (Å²) in [5, 5.41) is 0.480. The molecule has 0 bridgehead atoms. The molecule has 0 spiro atoms. The number of hydrogen-bond donors (Lipinski definition) is 0. The lowest BCUT2D eigenvalue weighted by Gasteiger charge is -2.23. The zero-order valence-electron chi connectivity index (χ0n) is 18.0. The highest BCUT2D eigenvalue weighted by atomic mass is 32.2. The number of aromatic nitrogens is 1. The predicted octanol–water partition coefficient (Wildman–Crippen LogP) is 3.54. The van der Waals surface area contributed by atoms with E-state index in [1.165, 1.54) is 37.9 Å². The van der Waals surface area contributed by atoms with Crippen molar-refractivity contribution >= 4 is 42.4 Å². The molecule has 1 atom stereocenters. The molecular formula is C22H24N2O6S2. The number of ether oxygens (including phenoxy) is 3. The summed E-state index contributed by atoms with van der Waals surface area (Å²) in [5.41, 5.74) is 1.03. The lowest BCUT2D eigenvalue weighted by Crippen LogP contribution is -2.37. The van der Waals surface area contributed by atoms with Crippen LogP contribution in [0.1, 0.15) is 23.2 Å². The molecule has 32 heavy (non-hydrogen) atoms. The van der Waals surface area contributed by atoms with Crippen molar-refractivity contribution in [2.24, 2.45) is 0 Å². The topological polar surface area (TPSA) is 95.0 Å². The SMILES string of the molecule is COc1cc(OC)cc(C(=O)N(CC2CCCO2)c2nc3ccc(S(C)(=O)=O)cc3s2)c1. The third kappa shape index (κ3) is 4.72. The molecule has 0 aliphatic carbocycles. The summed E-state index contributed by atoms with van der Waals surface area (Å²) >= 11 is 1.27. The highest BCUT2D eigenvalue weighted by molar-refractivity contribution is 7.90. The van der Waals surface area contributed by atoms with E-state index in [9.17, 15) is 13.2 Å². The van der Waals surface area contributed by atoms with Crippen LogP contribution in [0.3, 0.4) is 0 Å². The average molecular weight is 477 g/mol. The number of sulfone groups is 1. The summed E-state index contributed by atoms with van der Waals surface area (Å²) in [7, 11) is -0.292. The molecule has 1 fully saturated rings. The first kappa shape index (κ1) is 22.5. The van der Waals surface area contributed by atoms with Crippen molar-refractivity contribution in [3.8, 4) is 11.5 Å². The molecule has 2 heterocycles. The number of anilines is 1. The fourth-order valence-electron chi connectivity index (χ4n) is 3.57. The monoisotopic (exact) mass is 476 g/mol. The third-order valence-corrected chi connectivity index (χ3v) is 7.41. The Morgan fingerprint density at radius 2 is 1.91 bits per heavy atom. The van der Waals surface area contributed by atoms with Crippen molar-refractivity contribution in [1.29, 1.82) is 0 Å². The minimum Gasteiger partial charge on any atom is -0.497 e. The maximum absolute atomic E-state index is 13.6. The first-order valence-electron chi connectivity index (χ1n) is 10.1. The molecule has 0 radical (unpaired) electrons. The minimum absolute atomic E-state index is 0.0925. The molecule has 3 aromatic rings. The normalized spacial score (nSPS) is 16.3. The predicted molar refractivity (Wildman–Crippen MR) is 123 cm³/mol. The van der Waals surface area contributed by atoms with Gasteiger partial charge in [0.05, 0.1) is 42.0 Å². The van der Waals surface area contributed by atoms with Crippen LogP contribution >= 0.6 is 11.3 Å². The van der Waals surface area contributed by atoms with E-state index in [0.717, 1.165) is 12.8 Å². The average Bonchev–Trinajstić information content (AvgIpc) is 3.44. The Hall–Kier alpha value is -2.69. The van der Waals surface area contributed by atoms with Crippen LogP contribution in [0, 0.1) is 0 Å². The third-order valence-electron chi connectivity index (χ3n) is 5.26. The summed E-state index contributed by atoms with van der Waals surface area (Å²) in [6.07, 6.45) is 2.87. The smallest absolute Gasteiger partial charge is 0.260 e. The molecule has 8 nitrogen and oxygen atoms in total. The molecular weight excluding hydrogens is 452 g/mol. The van der Waals surface area contributed by atoms with Crippen LogP contribution in [0.5, 0.6) is 11.5 Å². The van der Waals surface area contributed by atoms with E-state index in [-0.39, 0.29) is 16.9 Å². The zero-order valence-corrected chi connectivity index (χ0v) is 19.7. The molecule has 1 saturated heterocycles. The Bertz CT molecular complexity index is 1230. The Morgan fingerprint density at radius 1 is 1.19 bits per heavy atom. The van der Waals surface area contributed by atoms with Crippen molar-refractivity contribution in [2.75, 3.05) is 38.5 Å². The van der Waals surface area contributed by atoms with E-state index in [2.05, 4.69) is 4.98 Å². The molecule has 1 amide bonds. The Labute approximate surface area is 190 Å². The van der Waals surface area contributed by atoms with Crippen LogP contribution in [0.15, 0.2) is 41.3 Å². The molecule has 1 aliphatic rings. The van der Waals surface area contributed by atoms with Gasteiger partial charge in [-0.15, -0.1) is 0 Å². The van der Waals surface area contributed by atoms with Gasteiger partial charge < -0.3 is 14.2 Å². The lowest BCUT2D eigenvalue weighted by molar-refractivity contribution is 0.0917. The van der Waals surface area contributed by atoms with Gasteiger partial charge in [-0.1, -0.05) is 11.3 Å². The number of carbonyl (C=O) groups is 1. The van der Waals surface area contributed by atoms with Crippen molar-refractivity contribution in [3.63, 3.8) is 0 Å². The van der Waals surface area contributed by atoms with Gasteiger partial charge in [-0.3, -0.25) is 9.69 Å². The molecule has 1 unspecified atom stereocenters. The standard InChI is InChI=1S/C22H24N2O6S2/c1-28-16-9-14(10-17(11-16)29-2)21(25)24(13-15-5-4-8-30-15)22-23-19-7-6-18(32(3,26)27)12-20(19)31-22/h6-7,9-12,15H,4-5,8,13H2,1-3H3. The molecule has 0 N–H and O–H groups in total. The van der Waals surface area contributed by atoms with Gasteiger partial charge in [0.2, 0.25) is 0 Å². The fourth-order valence-corrected chi connectivity index (χ4v) is 5.30. The summed E-state index contributed by atoms with van der Waals surface area (Å²) in [5.74, 6) is 0.749. The van der Waals surface area contributed by atoms with Gasteiger partial charge in [-0.25, -0.2) is 13.4 Å². The Kier molecular flexibility index (Phi) is 6.36. The van der Waals surface area contributed by atoms with E-state index < -0.39 is 9.84 Å². The number of rotatable bonds is 7. The van der Waals surface area contributed by atoms with Crippen molar-refractivity contribution in [3.05, 3.63) is 42.0 Å². The maximum Gasteiger partial charge on any atom is 0.260 e. The first-order valence-corrected chi connectivity index (χ1v) is 12.8. The highest BCUT2D eigenvalue weighted by Gasteiger charge is 2.28. The number of fused-ring (bicyclic) bond motifs is 1. The summed E-state index contributed by atoms with van der Waals surface area (Å²) < 4.78 is 41.0. The van der Waals surface area contributed by atoms with Gasteiger partial charge in [0, 0.05) is 24.5 Å². The van der Waals surface area contributed by atoms with Crippen LogP contribution in [-0.4, -0.2) is 59.0 Å². The molecule has 1 aromatic heterocycles. The highest BCUT2D eigenvalue weighted by Crippen LogP contribution is 2.33. The van der Waals surface area contributed by atoms with Crippen LogP contribution in [-0.2, 0) is 14.6 Å². The van der Waals surface area contributed by atoms with E-state index >= 15 is 0 Å². The van der Waals surface area contributed by atoms with Gasteiger partial charge >= 0.3 is 0 Å². The van der Waals surface area contributed by atoms with Gasteiger partial charge in [0.15, 0.2) is 15.0 Å². The van der Waals surface area contributed by atoms with Crippen LogP contribution in [0.25, 0.3) is 10.2 Å². The molecule has 2 aromatic carbocycles. The van der Waals surface area contributed by atoms with Crippen LogP contribution in [0.4, 0.5) is 5.13 Å². The van der Waals surface area contributed by atoms with Crippen molar-refractivity contribution in [2.45, 2.75) is 23.8 Å². The molecule has 1 aliphatic heterocycles. The van der Waals surface area contributed by atoms with Gasteiger partial charge in [0.25, 0.3) is 5.91 Å². The van der Waals surface area contributed by atoms with E-state index in [1.54, 1.807) is 35.2 Å². The first-order chi connectivity index (χ1) is 15.3. The largest absolute Gasteiger partial charge is 0.497 e. The van der Waals surface area contributed by atoms with Gasteiger partial charge in [-0.05, 0) is 43.2 Å². The van der Waals surface area contributed by atoms with E-state index in [1.807, 2.05) is 0 Å². The van der Waals surface area contributed by atoms with E-state index in [0.29, 0.717) is 45.6 Å². The number of amides is 1. The molecule has 170 valence electrons. The number of carbonyl (C=O) groups excluding carboxylic acids is 1. The maximum atomic E-state index is 13.6. The Morgan fingerprint density at radius 3 is 2.50 bits per heavy atom. The zero-order chi connectivity index (χ0) is 22.9. The summed E-state index contributed by atoms with van der Waals surface area (Å²) in [6.45, 7) is 1.01. The van der Waals surface area contributed by atoms with Crippen molar-refractivity contribution in [1.82, 2.24) is 4.98 Å². The molecule has 10 heteroatoms. The summed E-state index contributed by atoms with van der Waals surface area (Å²) in [6, 6.07) is 9.79. The minimum atomic E-state index is -3.35. The Balaban J connectivity index is 1.76. The molecule has 4 rings (SSSR count). The van der Waals surface area contributed by atoms with Gasteiger partial charge in [-0.2, -0.15) is 0 Å². The second-order valence-electron chi connectivity index (χ2n) is 7.55. The lowest BCUT2D eigenvalue weighted by atomic mass is 10.1.